The summed E-state index contributed by atoms with van der Waals surface area (Å²) >= 11 is 1.76. The number of anilines is 1. The molecule has 1 aromatic carbocycles. The van der Waals surface area contributed by atoms with Crippen molar-refractivity contribution in [2.75, 3.05) is 25.6 Å². The number of amides is 1. The van der Waals surface area contributed by atoms with E-state index in [4.69, 9.17) is 14.2 Å². The van der Waals surface area contributed by atoms with Gasteiger partial charge in [0.1, 0.15) is 26.9 Å². The third kappa shape index (κ3) is 6.12. The summed E-state index contributed by atoms with van der Waals surface area (Å²) in [6.07, 6.45) is 1.33. The Morgan fingerprint density at radius 1 is 1.06 bits per heavy atom. The second-order valence-corrected chi connectivity index (χ2v) is 8.90. The van der Waals surface area contributed by atoms with Crippen LogP contribution in [0.15, 0.2) is 41.4 Å². The molecule has 1 N–H and O–H groups in total. The van der Waals surface area contributed by atoms with Crippen LogP contribution in [0.5, 0.6) is 5.75 Å². The molecule has 0 radical (unpaired) electrons. The third-order valence-electron chi connectivity index (χ3n) is 4.51. The van der Waals surface area contributed by atoms with Crippen LogP contribution >= 0.6 is 22.7 Å². The van der Waals surface area contributed by atoms with Gasteiger partial charge in [-0.1, -0.05) is 28.7 Å². The number of hydrogen-bond donors (Lipinski definition) is 1. The molecule has 0 aliphatic carbocycles. The Labute approximate surface area is 213 Å². The van der Waals surface area contributed by atoms with Gasteiger partial charge in [0, 0.05) is 17.8 Å². The summed E-state index contributed by atoms with van der Waals surface area (Å²) in [6.45, 7) is 3.26. The second kappa shape index (κ2) is 12.0. The molecule has 36 heavy (non-hydrogen) atoms. The summed E-state index contributed by atoms with van der Waals surface area (Å²) in [6, 6.07) is 9.21. The van der Waals surface area contributed by atoms with E-state index in [0.717, 1.165) is 22.7 Å². The molecule has 0 saturated carbocycles. The number of aliphatic imine (C=N–C) groups is 1. The zero-order chi connectivity index (χ0) is 26.2. The van der Waals surface area contributed by atoms with E-state index in [1.165, 1.54) is 31.5 Å². The maximum absolute atomic E-state index is 12.9. The van der Waals surface area contributed by atoms with Gasteiger partial charge in [0.05, 0.1) is 30.1 Å². The van der Waals surface area contributed by atoms with Crippen LogP contribution in [0.4, 0.5) is 15.0 Å². The van der Waals surface area contributed by atoms with Crippen molar-refractivity contribution in [2.24, 2.45) is 4.99 Å². The molecule has 0 saturated heterocycles. The van der Waals surface area contributed by atoms with Gasteiger partial charge in [0.25, 0.3) is 5.91 Å². The second-order valence-electron chi connectivity index (χ2n) is 6.80. The summed E-state index contributed by atoms with van der Waals surface area (Å²) < 4.78 is 15.4. The minimum atomic E-state index is -0.842. The first kappa shape index (κ1) is 26.5. The van der Waals surface area contributed by atoms with E-state index >= 15 is 0 Å². The maximum atomic E-state index is 12.9. The molecule has 0 spiro atoms. The average Bonchev–Trinajstić information content (AvgIpc) is 3.48. The molecule has 11 nitrogen and oxygen atoms in total. The number of carbonyl (C=O) groups excluding carboxylic acids is 3. The van der Waals surface area contributed by atoms with E-state index in [-0.39, 0.29) is 44.9 Å². The molecule has 1 amide bonds. The molecule has 0 unspecified atom stereocenters. The fraction of sp³-hybridized carbons (Fsp3) is 0.217. The number of ether oxygens (including phenoxy) is 3. The van der Waals surface area contributed by atoms with Gasteiger partial charge in [-0.2, -0.15) is 0 Å². The van der Waals surface area contributed by atoms with Gasteiger partial charge in [-0.05, 0) is 38.1 Å². The topological polar surface area (TPSA) is 146 Å². The fourth-order valence-electron chi connectivity index (χ4n) is 2.96. The predicted octanol–water partition coefficient (Wildman–Crippen LogP) is 5.08. The van der Waals surface area contributed by atoms with E-state index in [9.17, 15) is 24.5 Å². The quantitative estimate of drug-likeness (QED) is 0.165. The predicted molar refractivity (Wildman–Crippen MR) is 135 cm³/mol. The SMILES string of the molecule is CCOC(=O)c1c(N=Cc2ccc([N+](=O)[O-])s2)sc(NC(=O)c2cccc(OC)c2)c1C(=O)OCC. The third-order valence-corrected chi connectivity index (χ3v) is 6.49. The molecule has 13 heteroatoms. The smallest absolute Gasteiger partial charge is 0.342 e. The number of benzene rings is 1. The number of hydrogen-bond acceptors (Lipinski definition) is 11. The Kier molecular flexibility index (Phi) is 8.86. The highest BCUT2D eigenvalue weighted by atomic mass is 32.1. The lowest BCUT2D eigenvalue weighted by atomic mass is 10.1. The number of carbonyl (C=O) groups is 3. The Morgan fingerprint density at radius 3 is 2.36 bits per heavy atom. The molecule has 0 bridgehead atoms. The molecular formula is C23H21N3O8S2. The van der Waals surface area contributed by atoms with E-state index in [2.05, 4.69) is 10.3 Å². The molecule has 3 aromatic rings. The van der Waals surface area contributed by atoms with Gasteiger partial charge in [-0.15, -0.1) is 0 Å². The lowest BCUT2D eigenvalue weighted by Crippen LogP contribution is -2.17. The number of esters is 2. The zero-order valence-electron chi connectivity index (χ0n) is 19.4. The highest BCUT2D eigenvalue weighted by molar-refractivity contribution is 7.21. The molecule has 188 valence electrons. The summed E-state index contributed by atoms with van der Waals surface area (Å²) in [5.74, 6) is -1.77. The molecule has 2 aromatic heterocycles. The van der Waals surface area contributed by atoms with E-state index in [1.807, 2.05) is 0 Å². The Hall–Kier alpha value is -4.10. The molecule has 3 rings (SSSR count). The van der Waals surface area contributed by atoms with Gasteiger partial charge in [-0.3, -0.25) is 14.9 Å². The fourth-order valence-corrected chi connectivity index (χ4v) is 4.67. The summed E-state index contributed by atoms with van der Waals surface area (Å²) in [5.41, 5.74) is -0.115. The van der Waals surface area contributed by atoms with Crippen LogP contribution in [0, 0.1) is 10.1 Å². The standard InChI is InChI=1S/C23H21N3O8S2/c1-4-33-22(28)17-18(23(29)34-5-2)21(25-19(27)13-7-6-8-14(11-13)32-3)36-20(17)24-12-15-9-10-16(35-15)26(30)31/h6-12H,4-5H2,1-3H3,(H,25,27). The molecule has 2 heterocycles. The first-order chi connectivity index (χ1) is 17.3. The minimum Gasteiger partial charge on any atom is -0.497 e. The first-order valence-corrected chi connectivity index (χ1v) is 12.2. The monoisotopic (exact) mass is 531 g/mol. The molecule has 0 fully saturated rings. The number of nitrogens with one attached hydrogen (secondary N) is 1. The average molecular weight is 532 g/mol. The van der Waals surface area contributed by atoms with Crippen molar-refractivity contribution < 1.29 is 33.5 Å². The lowest BCUT2D eigenvalue weighted by molar-refractivity contribution is -0.380. The van der Waals surface area contributed by atoms with Crippen molar-refractivity contribution in [3.63, 3.8) is 0 Å². The number of rotatable bonds is 10. The first-order valence-electron chi connectivity index (χ1n) is 10.5. The van der Waals surface area contributed by atoms with Gasteiger partial charge < -0.3 is 19.5 Å². The number of methoxy groups -OCH3 is 1. The molecule has 0 atom stereocenters. The van der Waals surface area contributed by atoms with Crippen LogP contribution in [0.3, 0.4) is 0 Å². The van der Waals surface area contributed by atoms with E-state index < -0.39 is 22.8 Å². The van der Waals surface area contributed by atoms with E-state index in [1.54, 1.807) is 32.0 Å². The van der Waals surface area contributed by atoms with Crippen LogP contribution in [0.2, 0.25) is 0 Å². The van der Waals surface area contributed by atoms with Crippen LogP contribution in [0.1, 0.15) is 49.8 Å². The lowest BCUT2D eigenvalue weighted by Gasteiger charge is -2.09. The van der Waals surface area contributed by atoms with Crippen molar-refractivity contribution >= 4 is 61.7 Å². The largest absolute Gasteiger partial charge is 0.497 e. The highest BCUT2D eigenvalue weighted by Crippen LogP contribution is 2.41. The van der Waals surface area contributed by atoms with Gasteiger partial charge >= 0.3 is 16.9 Å². The highest BCUT2D eigenvalue weighted by Gasteiger charge is 2.31. The zero-order valence-corrected chi connectivity index (χ0v) is 21.1. The van der Waals surface area contributed by atoms with Crippen molar-refractivity contribution in [2.45, 2.75) is 13.8 Å². The normalized spacial score (nSPS) is 10.8. The van der Waals surface area contributed by atoms with Crippen LogP contribution in [-0.2, 0) is 9.47 Å². The van der Waals surface area contributed by atoms with Crippen LogP contribution in [0.25, 0.3) is 0 Å². The molecule has 0 aliphatic heterocycles. The Bertz CT molecular complexity index is 1330. The van der Waals surface area contributed by atoms with Crippen LogP contribution < -0.4 is 10.1 Å². The van der Waals surface area contributed by atoms with E-state index in [0.29, 0.717) is 10.6 Å². The molecular weight excluding hydrogens is 510 g/mol. The van der Waals surface area contributed by atoms with Gasteiger partial charge in [0.2, 0.25) is 0 Å². The van der Waals surface area contributed by atoms with Crippen LogP contribution in [-0.4, -0.2) is 49.3 Å². The maximum Gasteiger partial charge on any atom is 0.342 e. The van der Waals surface area contributed by atoms with Gasteiger partial charge in [0.15, 0.2) is 0 Å². The summed E-state index contributed by atoms with van der Waals surface area (Å²) in [7, 11) is 1.47. The molecule has 0 aliphatic rings. The number of nitrogens with zero attached hydrogens (tertiary/aromatic N) is 2. The minimum absolute atomic E-state index is 0.0255. The number of thiophene rings is 2. The summed E-state index contributed by atoms with van der Waals surface area (Å²) in [4.78, 5) is 53.8. The van der Waals surface area contributed by atoms with Crippen molar-refractivity contribution in [1.82, 2.24) is 0 Å². The van der Waals surface area contributed by atoms with Crippen molar-refractivity contribution in [3.8, 4) is 5.75 Å². The number of nitro groups is 1. The Morgan fingerprint density at radius 2 is 1.75 bits per heavy atom. The van der Waals surface area contributed by atoms with Crippen molar-refractivity contribution in [1.29, 1.82) is 0 Å². The summed E-state index contributed by atoms with van der Waals surface area (Å²) in [5, 5.41) is 13.6. The van der Waals surface area contributed by atoms with Gasteiger partial charge in [-0.25, -0.2) is 14.6 Å². The Balaban J connectivity index is 2.08. The van der Waals surface area contributed by atoms with Crippen molar-refractivity contribution in [3.05, 3.63) is 68.1 Å².